The lowest BCUT2D eigenvalue weighted by molar-refractivity contribution is -0.144. The topological polar surface area (TPSA) is 17.1 Å². The summed E-state index contributed by atoms with van der Waals surface area (Å²) in [6, 6.07) is 15.4. The normalized spacial score (nSPS) is 32.0. The van der Waals surface area contributed by atoms with Crippen LogP contribution >= 0.6 is 0 Å². The van der Waals surface area contributed by atoms with Gasteiger partial charge in [0.15, 0.2) is 0 Å². The Labute approximate surface area is 169 Å². The third kappa shape index (κ3) is 3.53. The van der Waals surface area contributed by atoms with Crippen LogP contribution in [0.2, 0.25) is 0 Å². The Morgan fingerprint density at radius 3 is 2.25 bits per heavy atom. The Hall–Kier alpha value is -1.63. The smallest absolute Gasteiger partial charge is 0.139 e. The third-order valence-electron chi connectivity index (χ3n) is 8.23. The minimum atomic E-state index is 0.104. The Kier molecular flexibility index (Phi) is 4.81. The second-order valence-corrected chi connectivity index (χ2v) is 10.5. The summed E-state index contributed by atoms with van der Waals surface area (Å²) in [7, 11) is 0. The van der Waals surface area contributed by atoms with Crippen molar-refractivity contribution in [2.45, 2.75) is 71.1 Å². The molecule has 4 aliphatic carbocycles. The van der Waals surface area contributed by atoms with Crippen molar-refractivity contribution in [2.24, 2.45) is 29.1 Å². The van der Waals surface area contributed by atoms with Gasteiger partial charge in [-0.25, -0.2) is 0 Å². The average molecular weight is 375 g/mol. The van der Waals surface area contributed by atoms with E-state index in [0.29, 0.717) is 11.7 Å². The molecule has 0 spiro atoms. The molecule has 1 nitrogen and oxygen atoms in total. The number of benzene rings is 2. The maximum atomic E-state index is 13.2. The molecular formula is C27H34O. The van der Waals surface area contributed by atoms with Crippen molar-refractivity contribution < 1.29 is 4.79 Å². The number of hydrogen-bond donors (Lipinski definition) is 0. The second kappa shape index (κ2) is 7.32. The summed E-state index contributed by atoms with van der Waals surface area (Å²) >= 11 is 0. The minimum absolute atomic E-state index is 0.104. The molecule has 0 heterocycles. The van der Waals surface area contributed by atoms with Gasteiger partial charge in [0, 0.05) is 11.8 Å². The summed E-state index contributed by atoms with van der Waals surface area (Å²) in [6.07, 6.45) is 12.2. The Morgan fingerprint density at radius 1 is 0.929 bits per heavy atom. The van der Waals surface area contributed by atoms with Gasteiger partial charge in [0.1, 0.15) is 5.78 Å². The second-order valence-electron chi connectivity index (χ2n) is 10.5. The van der Waals surface area contributed by atoms with Crippen LogP contribution < -0.4 is 0 Å². The largest absolute Gasteiger partial charge is 0.299 e. The lowest BCUT2D eigenvalue weighted by Crippen LogP contribution is -2.50. The van der Waals surface area contributed by atoms with Crippen LogP contribution in [0.4, 0.5) is 0 Å². The predicted octanol–water partition coefficient (Wildman–Crippen LogP) is 6.97. The van der Waals surface area contributed by atoms with Crippen molar-refractivity contribution in [3.63, 3.8) is 0 Å². The number of aryl methyl sites for hydroxylation is 1. The van der Waals surface area contributed by atoms with E-state index in [1.54, 1.807) is 0 Å². The molecule has 4 saturated carbocycles. The summed E-state index contributed by atoms with van der Waals surface area (Å²) in [5.41, 5.74) is 1.53. The van der Waals surface area contributed by atoms with Gasteiger partial charge in [-0.2, -0.15) is 0 Å². The molecule has 2 aromatic carbocycles. The van der Waals surface area contributed by atoms with Crippen LogP contribution in [0.5, 0.6) is 0 Å². The number of rotatable bonds is 7. The maximum absolute atomic E-state index is 13.2. The fourth-order valence-electron chi connectivity index (χ4n) is 7.05. The number of Topliss-reactive ketones (excluding diaryl/α,β-unsaturated/α-hetero) is 1. The van der Waals surface area contributed by atoms with E-state index in [1.165, 1.54) is 61.3 Å². The van der Waals surface area contributed by atoms with Crippen LogP contribution in [-0.2, 0) is 11.2 Å². The first-order valence-corrected chi connectivity index (χ1v) is 11.6. The Morgan fingerprint density at radius 2 is 1.57 bits per heavy atom. The molecule has 4 aliphatic rings. The third-order valence-corrected chi connectivity index (χ3v) is 8.23. The molecule has 0 N–H and O–H groups in total. The van der Waals surface area contributed by atoms with Crippen molar-refractivity contribution in [1.82, 2.24) is 0 Å². The van der Waals surface area contributed by atoms with E-state index in [2.05, 4.69) is 49.4 Å². The quantitative estimate of drug-likeness (QED) is 0.511. The molecule has 148 valence electrons. The molecule has 1 atom stereocenters. The molecule has 6 rings (SSSR count). The van der Waals surface area contributed by atoms with E-state index in [0.717, 1.165) is 37.0 Å². The molecular weight excluding hydrogens is 340 g/mol. The Balaban J connectivity index is 1.14. The zero-order valence-corrected chi connectivity index (χ0v) is 17.3. The number of carbonyl (C=O) groups is 1. The molecule has 4 fully saturated rings. The highest BCUT2D eigenvalue weighted by Crippen LogP contribution is 2.60. The highest BCUT2D eigenvalue weighted by atomic mass is 16.1. The number of hydrogen-bond acceptors (Lipinski definition) is 1. The van der Waals surface area contributed by atoms with Gasteiger partial charge in [-0.05, 0) is 97.8 Å². The van der Waals surface area contributed by atoms with Crippen LogP contribution in [0.25, 0.3) is 10.8 Å². The summed E-state index contributed by atoms with van der Waals surface area (Å²) in [5, 5.41) is 2.66. The molecule has 0 radical (unpaired) electrons. The molecule has 1 heteroatoms. The lowest BCUT2D eigenvalue weighted by Gasteiger charge is -2.56. The first kappa shape index (κ1) is 18.4. The maximum Gasteiger partial charge on any atom is 0.139 e. The van der Waals surface area contributed by atoms with Crippen molar-refractivity contribution >= 4 is 16.6 Å². The highest BCUT2D eigenvalue weighted by molar-refractivity contribution is 5.85. The van der Waals surface area contributed by atoms with Gasteiger partial charge in [-0.15, -0.1) is 0 Å². The van der Waals surface area contributed by atoms with Crippen molar-refractivity contribution in [3.05, 3.63) is 48.0 Å². The first-order valence-electron chi connectivity index (χ1n) is 11.6. The van der Waals surface area contributed by atoms with Crippen molar-refractivity contribution in [2.75, 3.05) is 0 Å². The van der Waals surface area contributed by atoms with Gasteiger partial charge >= 0.3 is 0 Å². The molecule has 28 heavy (non-hydrogen) atoms. The predicted molar refractivity (Wildman–Crippen MR) is 116 cm³/mol. The van der Waals surface area contributed by atoms with E-state index >= 15 is 0 Å². The molecule has 0 aliphatic heterocycles. The standard InChI is InChI=1S/C27H34O/c1-19(6-8-20-9-10-24-4-2-3-5-25(24)15-20)7-11-26(28)27-16-21-12-22(17-27)14-23(13-21)18-27/h2-5,9-10,15,19,21-23H,6-8,11-14,16-18H2,1H3. The van der Waals surface area contributed by atoms with Crippen LogP contribution in [0, 0.1) is 29.1 Å². The van der Waals surface area contributed by atoms with Crippen molar-refractivity contribution in [3.8, 4) is 0 Å². The summed E-state index contributed by atoms with van der Waals surface area (Å²) in [5.74, 6) is 3.88. The molecule has 1 unspecified atom stereocenters. The molecule has 2 aromatic rings. The van der Waals surface area contributed by atoms with E-state index < -0.39 is 0 Å². The average Bonchev–Trinajstić information content (AvgIpc) is 2.69. The van der Waals surface area contributed by atoms with E-state index in [1.807, 2.05) is 0 Å². The van der Waals surface area contributed by atoms with E-state index in [4.69, 9.17) is 0 Å². The van der Waals surface area contributed by atoms with Crippen LogP contribution in [0.1, 0.15) is 70.3 Å². The Bertz CT molecular complexity index is 828. The van der Waals surface area contributed by atoms with Gasteiger partial charge < -0.3 is 0 Å². The van der Waals surface area contributed by atoms with Crippen molar-refractivity contribution in [1.29, 1.82) is 0 Å². The fourth-order valence-corrected chi connectivity index (χ4v) is 7.05. The van der Waals surface area contributed by atoms with E-state index in [-0.39, 0.29) is 5.41 Å². The molecule has 4 bridgehead atoms. The first-order chi connectivity index (χ1) is 13.6. The van der Waals surface area contributed by atoms with E-state index in [9.17, 15) is 4.79 Å². The fraction of sp³-hybridized carbons (Fsp3) is 0.593. The van der Waals surface area contributed by atoms with Gasteiger partial charge in [0.2, 0.25) is 0 Å². The van der Waals surface area contributed by atoms with Gasteiger partial charge in [-0.1, -0.05) is 49.4 Å². The monoisotopic (exact) mass is 374 g/mol. The van der Waals surface area contributed by atoms with Crippen LogP contribution in [-0.4, -0.2) is 5.78 Å². The minimum Gasteiger partial charge on any atom is -0.299 e. The highest BCUT2D eigenvalue weighted by Gasteiger charge is 2.53. The van der Waals surface area contributed by atoms with Crippen LogP contribution in [0.15, 0.2) is 42.5 Å². The van der Waals surface area contributed by atoms with Gasteiger partial charge in [-0.3, -0.25) is 4.79 Å². The molecule has 0 saturated heterocycles. The van der Waals surface area contributed by atoms with Gasteiger partial charge in [0.25, 0.3) is 0 Å². The lowest BCUT2D eigenvalue weighted by atomic mass is 9.48. The number of ketones is 1. The molecule has 0 amide bonds. The summed E-state index contributed by atoms with van der Waals surface area (Å²) in [6.45, 7) is 2.34. The zero-order valence-electron chi connectivity index (χ0n) is 17.3. The molecule has 0 aromatic heterocycles. The zero-order chi connectivity index (χ0) is 19.1. The number of carbonyl (C=O) groups excluding carboxylic acids is 1. The summed E-state index contributed by atoms with van der Waals surface area (Å²) < 4.78 is 0. The van der Waals surface area contributed by atoms with Gasteiger partial charge in [0.05, 0.1) is 0 Å². The summed E-state index contributed by atoms with van der Waals surface area (Å²) in [4.78, 5) is 13.2. The van der Waals surface area contributed by atoms with Crippen LogP contribution in [0.3, 0.4) is 0 Å². The SMILES string of the molecule is CC(CCC(=O)C12CC3CC(CC(C3)C1)C2)CCc1ccc2ccccc2c1. The number of fused-ring (bicyclic) bond motifs is 1.